The molecule has 2 heterocycles. The van der Waals surface area contributed by atoms with E-state index in [0.717, 1.165) is 9.99 Å². The lowest BCUT2D eigenvalue weighted by Crippen LogP contribution is -2.07. The van der Waals surface area contributed by atoms with E-state index in [1.54, 1.807) is 12.4 Å². The lowest BCUT2D eigenvalue weighted by molar-refractivity contribution is 1.32. The molecule has 0 aliphatic rings. The third kappa shape index (κ3) is 1.05. The Bertz CT molecular complexity index is 398. The molecule has 0 saturated carbocycles. The molecule has 2 aromatic heterocycles. The summed E-state index contributed by atoms with van der Waals surface area (Å²) < 4.78 is 0.887. The van der Waals surface area contributed by atoms with E-state index in [0.29, 0.717) is 11.2 Å². The van der Waals surface area contributed by atoms with E-state index < -0.39 is 0 Å². The Morgan fingerprint density at radius 2 is 2.36 bits per heavy atom. The molecule has 0 saturated heterocycles. The fourth-order valence-corrected chi connectivity index (χ4v) is 1.43. The van der Waals surface area contributed by atoms with Crippen molar-refractivity contribution in [2.24, 2.45) is 0 Å². The van der Waals surface area contributed by atoms with Crippen molar-refractivity contribution < 1.29 is 0 Å². The molecule has 2 aromatic rings. The summed E-state index contributed by atoms with van der Waals surface area (Å²) in [6.07, 6.45) is 1.59. The first-order valence-corrected chi connectivity index (χ1v) is 3.82. The fraction of sp³-hybridized carbons (Fsp3) is 0. The van der Waals surface area contributed by atoms with Gasteiger partial charge in [-0.1, -0.05) is 0 Å². The van der Waals surface area contributed by atoms with Crippen LogP contribution in [-0.4, -0.2) is 22.8 Å². The summed E-state index contributed by atoms with van der Waals surface area (Å²) in [6, 6.07) is 1.74. The Kier molecular flexibility index (Phi) is 1.46. The molecule has 0 aromatic carbocycles. The Balaban J connectivity index is 2.91. The lowest BCUT2D eigenvalue weighted by Gasteiger charge is -1.94. The predicted octanol–water partition coefficient (Wildman–Crippen LogP) is 0.514. The number of hydrogen-bond donors (Lipinski definition) is 1. The standard InChI is InChI=1S/C6H3BBrN3/c7-4-1-3(8)5-6(11-4)10-2-9-5/h1-2H,(H,9,10,11). The molecule has 0 spiro atoms. The normalized spacial score (nSPS) is 10.6. The molecule has 52 valence electrons. The van der Waals surface area contributed by atoms with Crippen molar-refractivity contribution in [1.29, 1.82) is 0 Å². The minimum absolute atomic E-state index is 0.469. The molecule has 5 heteroatoms. The highest BCUT2D eigenvalue weighted by molar-refractivity contribution is 9.10. The third-order valence-corrected chi connectivity index (χ3v) is 1.99. The first kappa shape index (κ1) is 6.85. The minimum atomic E-state index is 0.469. The molecule has 2 rings (SSSR count). The van der Waals surface area contributed by atoms with Crippen LogP contribution >= 0.6 is 15.9 Å². The van der Waals surface area contributed by atoms with Gasteiger partial charge in [-0.3, -0.25) is 0 Å². The van der Waals surface area contributed by atoms with Crippen LogP contribution in [-0.2, 0) is 0 Å². The van der Waals surface area contributed by atoms with Gasteiger partial charge in [-0.05, 0) is 27.6 Å². The second-order valence-corrected chi connectivity index (χ2v) is 2.98. The van der Waals surface area contributed by atoms with Crippen molar-refractivity contribution >= 4 is 40.5 Å². The number of aromatic nitrogens is 3. The van der Waals surface area contributed by atoms with Gasteiger partial charge in [0.15, 0.2) is 5.65 Å². The molecule has 0 amide bonds. The van der Waals surface area contributed by atoms with Crippen molar-refractivity contribution in [2.45, 2.75) is 0 Å². The van der Waals surface area contributed by atoms with Crippen LogP contribution in [0.2, 0.25) is 0 Å². The zero-order chi connectivity index (χ0) is 7.84. The van der Waals surface area contributed by atoms with Gasteiger partial charge in [0.25, 0.3) is 0 Å². The molecule has 0 bridgehead atoms. The maximum atomic E-state index is 5.49. The molecule has 0 fully saturated rings. The molecule has 0 unspecified atom stereocenters. The predicted molar refractivity (Wildman–Crippen MR) is 47.0 cm³/mol. The molecule has 1 N–H and O–H groups in total. The van der Waals surface area contributed by atoms with Crippen LogP contribution in [0.1, 0.15) is 0 Å². The monoisotopic (exact) mass is 207 g/mol. The van der Waals surface area contributed by atoms with Crippen LogP contribution in [0.5, 0.6) is 0 Å². The summed E-state index contributed by atoms with van der Waals surface area (Å²) in [7, 11) is 5.49. The minimum Gasteiger partial charge on any atom is -0.342 e. The highest BCUT2D eigenvalue weighted by Gasteiger charge is 2.01. The van der Waals surface area contributed by atoms with Gasteiger partial charge in [0.1, 0.15) is 7.85 Å². The zero-order valence-corrected chi connectivity index (χ0v) is 7.09. The van der Waals surface area contributed by atoms with Crippen LogP contribution in [0, 0.1) is 0 Å². The van der Waals surface area contributed by atoms with Crippen LogP contribution in [0.25, 0.3) is 11.2 Å². The third-order valence-electron chi connectivity index (χ3n) is 1.37. The highest BCUT2D eigenvalue weighted by Crippen LogP contribution is 2.16. The second kappa shape index (κ2) is 2.34. The maximum absolute atomic E-state index is 5.49. The lowest BCUT2D eigenvalue weighted by atomic mass is 10.0. The number of fused-ring (bicyclic) bond motifs is 1. The molecule has 0 aliphatic heterocycles. The first-order chi connectivity index (χ1) is 5.27. The molecule has 2 radical (unpaired) electrons. The average Bonchev–Trinajstić information content (AvgIpc) is 2.34. The van der Waals surface area contributed by atoms with Gasteiger partial charge in [0.2, 0.25) is 0 Å². The van der Waals surface area contributed by atoms with E-state index in [2.05, 4.69) is 30.9 Å². The Morgan fingerprint density at radius 1 is 1.55 bits per heavy atom. The van der Waals surface area contributed by atoms with Crippen molar-refractivity contribution in [3.63, 3.8) is 0 Å². The zero-order valence-electron chi connectivity index (χ0n) is 5.50. The number of nitrogens with zero attached hydrogens (tertiary/aromatic N) is 2. The van der Waals surface area contributed by atoms with Gasteiger partial charge in [0, 0.05) is 4.47 Å². The highest BCUT2D eigenvalue weighted by atomic mass is 79.9. The molecule has 11 heavy (non-hydrogen) atoms. The Hall–Kier alpha value is -0.835. The molecule has 0 atom stereocenters. The van der Waals surface area contributed by atoms with Crippen molar-refractivity contribution in [3.05, 3.63) is 16.9 Å². The van der Waals surface area contributed by atoms with Gasteiger partial charge < -0.3 is 4.98 Å². The summed E-state index contributed by atoms with van der Waals surface area (Å²) in [5, 5.41) is 0. The van der Waals surface area contributed by atoms with Gasteiger partial charge in [0.05, 0.1) is 11.8 Å². The number of H-pyrrole nitrogens is 1. The summed E-state index contributed by atoms with van der Waals surface area (Å²) in [5.41, 5.74) is 1.98. The number of imidazole rings is 1. The van der Waals surface area contributed by atoms with Crippen molar-refractivity contribution in [1.82, 2.24) is 15.0 Å². The number of halogens is 1. The SMILES string of the molecule is [B]c1cc(Br)c2[nH]cnc2n1. The second-order valence-electron chi connectivity index (χ2n) is 2.13. The smallest absolute Gasteiger partial charge is 0.177 e. The van der Waals surface area contributed by atoms with E-state index in [9.17, 15) is 0 Å². The van der Waals surface area contributed by atoms with E-state index >= 15 is 0 Å². The Labute approximate surface area is 72.8 Å². The molecular weight excluding hydrogens is 205 g/mol. The van der Waals surface area contributed by atoms with Gasteiger partial charge >= 0.3 is 0 Å². The summed E-state index contributed by atoms with van der Waals surface area (Å²) in [6.45, 7) is 0. The quantitative estimate of drug-likeness (QED) is 0.640. The number of hydrogen-bond acceptors (Lipinski definition) is 2. The van der Waals surface area contributed by atoms with Gasteiger partial charge in [-0.25, -0.2) is 9.97 Å². The summed E-state index contributed by atoms with van der Waals surface area (Å²) in [4.78, 5) is 10.9. The number of aromatic amines is 1. The Morgan fingerprint density at radius 3 is 3.18 bits per heavy atom. The van der Waals surface area contributed by atoms with Crippen molar-refractivity contribution in [2.75, 3.05) is 0 Å². The van der Waals surface area contributed by atoms with Gasteiger partial charge in [-0.2, -0.15) is 0 Å². The average molecular weight is 208 g/mol. The van der Waals surface area contributed by atoms with Crippen molar-refractivity contribution in [3.8, 4) is 0 Å². The number of nitrogens with one attached hydrogen (secondary N) is 1. The number of rotatable bonds is 0. The van der Waals surface area contributed by atoms with E-state index in [1.807, 2.05) is 0 Å². The largest absolute Gasteiger partial charge is 0.342 e. The maximum Gasteiger partial charge on any atom is 0.177 e. The summed E-state index contributed by atoms with van der Waals surface area (Å²) in [5.74, 6) is 0. The van der Waals surface area contributed by atoms with Crippen LogP contribution < -0.4 is 5.59 Å². The molecular formula is C6H3BBrN3. The summed E-state index contributed by atoms with van der Waals surface area (Å²) >= 11 is 3.34. The topological polar surface area (TPSA) is 41.6 Å². The molecule has 0 aliphatic carbocycles. The fourth-order valence-electron chi connectivity index (χ4n) is 0.904. The molecule has 3 nitrogen and oxygen atoms in total. The van der Waals surface area contributed by atoms with E-state index in [1.165, 1.54) is 0 Å². The number of pyridine rings is 1. The van der Waals surface area contributed by atoms with E-state index in [-0.39, 0.29) is 0 Å². The van der Waals surface area contributed by atoms with Gasteiger partial charge in [-0.15, -0.1) is 0 Å². The van der Waals surface area contributed by atoms with Crippen LogP contribution in [0.4, 0.5) is 0 Å². The first-order valence-electron chi connectivity index (χ1n) is 3.02. The van der Waals surface area contributed by atoms with Crippen LogP contribution in [0.15, 0.2) is 16.9 Å². The van der Waals surface area contributed by atoms with Crippen LogP contribution in [0.3, 0.4) is 0 Å². The van der Waals surface area contributed by atoms with E-state index in [4.69, 9.17) is 7.85 Å².